The molecule has 1 aliphatic heterocycles. The van der Waals surface area contributed by atoms with E-state index in [1.165, 1.54) is 4.90 Å². The number of nitrogens with one attached hydrogen (secondary N) is 1. The first-order valence-electron chi connectivity index (χ1n) is 6.70. The predicted octanol–water partition coefficient (Wildman–Crippen LogP) is 0.718. The highest BCUT2D eigenvalue weighted by atomic mass is 35.5. The van der Waals surface area contributed by atoms with Gasteiger partial charge in [0.2, 0.25) is 5.91 Å². The Morgan fingerprint density at radius 2 is 2.10 bits per heavy atom. The van der Waals surface area contributed by atoms with Crippen LogP contribution in [-0.4, -0.2) is 41.1 Å². The Kier molecular flexibility index (Phi) is 5.03. The molecule has 1 aromatic carbocycles. The van der Waals surface area contributed by atoms with Crippen LogP contribution < -0.4 is 11.1 Å². The fourth-order valence-electron chi connectivity index (χ4n) is 2.40. The molecule has 1 aromatic rings. The molecule has 0 radical (unpaired) electrons. The summed E-state index contributed by atoms with van der Waals surface area (Å²) in [6.45, 7) is 0.830. The number of urea groups is 1. The number of β-amino-alcohol motifs (C(OH)–C–C–N with tert-alkyl or cyclic N) is 1. The summed E-state index contributed by atoms with van der Waals surface area (Å²) in [6, 6.07) is 6.96. The van der Waals surface area contributed by atoms with Gasteiger partial charge in [-0.05, 0) is 11.6 Å². The standard InChI is InChI=1S/C14H18ClN3O3/c15-11-4-2-1-3-9(11)6-17-14(21)18-7-10(5-13(16)20)12(19)8-18/h1-4,10,12,19H,5-8H2,(H2,16,20)(H,17,21)/t10-,12-/m1/s1. The average Bonchev–Trinajstić information content (AvgIpc) is 2.78. The van der Waals surface area contributed by atoms with Crippen molar-refractivity contribution in [1.29, 1.82) is 0 Å². The summed E-state index contributed by atoms with van der Waals surface area (Å²) in [7, 11) is 0. The van der Waals surface area contributed by atoms with Crippen molar-refractivity contribution in [3.8, 4) is 0 Å². The van der Waals surface area contributed by atoms with Gasteiger partial charge >= 0.3 is 6.03 Å². The van der Waals surface area contributed by atoms with Gasteiger partial charge in [0.15, 0.2) is 0 Å². The van der Waals surface area contributed by atoms with Crippen LogP contribution in [0.5, 0.6) is 0 Å². The second-order valence-electron chi connectivity index (χ2n) is 5.15. The first-order chi connectivity index (χ1) is 9.97. The Hall–Kier alpha value is -1.79. The summed E-state index contributed by atoms with van der Waals surface area (Å²) in [4.78, 5) is 24.4. The van der Waals surface area contributed by atoms with Crippen LogP contribution in [0.2, 0.25) is 5.02 Å². The number of halogens is 1. The lowest BCUT2D eigenvalue weighted by Crippen LogP contribution is -2.38. The molecule has 4 N–H and O–H groups in total. The number of aliphatic hydroxyl groups excluding tert-OH is 1. The van der Waals surface area contributed by atoms with Crippen LogP contribution >= 0.6 is 11.6 Å². The molecule has 1 saturated heterocycles. The Morgan fingerprint density at radius 1 is 1.38 bits per heavy atom. The maximum Gasteiger partial charge on any atom is 0.317 e. The number of hydrogen-bond acceptors (Lipinski definition) is 3. The maximum atomic E-state index is 12.1. The van der Waals surface area contributed by atoms with Gasteiger partial charge in [-0.1, -0.05) is 29.8 Å². The van der Waals surface area contributed by atoms with Crippen molar-refractivity contribution in [3.05, 3.63) is 34.9 Å². The molecule has 0 spiro atoms. The fraction of sp³-hybridized carbons (Fsp3) is 0.429. The Labute approximate surface area is 127 Å². The van der Waals surface area contributed by atoms with Crippen LogP contribution in [0.1, 0.15) is 12.0 Å². The van der Waals surface area contributed by atoms with Gasteiger partial charge in [-0.3, -0.25) is 4.79 Å². The van der Waals surface area contributed by atoms with Crippen molar-refractivity contribution in [2.24, 2.45) is 11.7 Å². The maximum absolute atomic E-state index is 12.1. The summed E-state index contributed by atoms with van der Waals surface area (Å²) in [6.07, 6.45) is -0.640. The van der Waals surface area contributed by atoms with Crippen LogP contribution in [0, 0.1) is 5.92 Å². The number of carbonyl (C=O) groups excluding carboxylic acids is 2. The zero-order valence-electron chi connectivity index (χ0n) is 11.5. The first-order valence-corrected chi connectivity index (χ1v) is 7.07. The van der Waals surface area contributed by atoms with Crippen molar-refractivity contribution >= 4 is 23.5 Å². The van der Waals surface area contributed by atoms with Crippen LogP contribution in [0.25, 0.3) is 0 Å². The highest BCUT2D eigenvalue weighted by Gasteiger charge is 2.34. The van der Waals surface area contributed by atoms with E-state index in [1.54, 1.807) is 6.07 Å². The summed E-state index contributed by atoms with van der Waals surface area (Å²) in [5.74, 6) is -0.772. The summed E-state index contributed by atoms with van der Waals surface area (Å²) in [5, 5.41) is 13.2. The minimum absolute atomic E-state index is 0.0788. The van der Waals surface area contributed by atoms with Gasteiger partial charge in [-0.2, -0.15) is 0 Å². The van der Waals surface area contributed by atoms with E-state index in [9.17, 15) is 14.7 Å². The number of amides is 3. The lowest BCUT2D eigenvalue weighted by atomic mass is 10.0. The number of hydrogen-bond donors (Lipinski definition) is 3. The molecule has 7 heteroatoms. The first kappa shape index (κ1) is 15.6. The quantitative estimate of drug-likeness (QED) is 0.764. The smallest absolute Gasteiger partial charge is 0.317 e. The summed E-state index contributed by atoms with van der Waals surface area (Å²) in [5.41, 5.74) is 5.94. The number of nitrogens with zero attached hydrogens (tertiary/aromatic N) is 1. The number of carbonyl (C=O) groups is 2. The molecule has 0 aromatic heterocycles. The SMILES string of the molecule is NC(=O)C[C@@H]1CN(C(=O)NCc2ccccc2Cl)C[C@H]1O. The van der Waals surface area contributed by atoms with E-state index in [-0.39, 0.29) is 24.9 Å². The van der Waals surface area contributed by atoms with Gasteiger partial charge < -0.3 is 21.1 Å². The van der Waals surface area contributed by atoms with Crippen LogP contribution in [-0.2, 0) is 11.3 Å². The summed E-state index contributed by atoms with van der Waals surface area (Å²) < 4.78 is 0. The van der Waals surface area contributed by atoms with Crippen LogP contribution in [0.15, 0.2) is 24.3 Å². The predicted molar refractivity (Wildman–Crippen MR) is 78.6 cm³/mol. The van der Waals surface area contributed by atoms with E-state index < -0.39 is 12.0 Å². The largest absolute Gasteiger partial charge is 0.391 e. The lowest BCUT2D eigenvalue weighted by Gasteiger charge is -2.17. The van der Waals surface area contributed by atoms with Crippen LogP contribution in [0.3, 0.4) is 0 Å². The molecule has 0 bridgehead atoms. The highest BCUT2D eigenvalue weighted by Crippen LogP contribution is 2.20. The zero-order valence-corrected chi connectivity index (χ0v) is 12.2. The Balaban J connectivity index is 1.87. The van der Waals surface area contributed by atoms with Gasteiger partial charge in [0.05, 0.1) is 6.10 Å². The van der Waals surface area contributed by atoms with Crippen molar-refractivity contribution < 1.29 is 14.7 Å². The molecular weight excluding hydrogens is 294 g/mol. The third kappa shape index (κ3) is 4.09. The van der Waals surface area contributed by atoms with E-state index in [4.69, 9.17) is 17.3 Å². The molecule has 0 aliphatic carbocycles. The van der Waals surface area contributed by atoms with E-state index in [0.29, 0.717) is 18.1 Å². The number of benzene rings is 1. The Bertz CT molecular complexity index is 538. The number of rotatable bonds is 4. The van der Waals surface area contributed by atoms with Crippen molar-refractivity contribution in [2.75, 3.05) is 13.1 Å². The third-order valence-corrected chi connectivity index (χ3v) is 3.91. The van der Waals surface area contributed by atoms with E-state index in [1.807, 2.05) is 18.2 Å². The van der Waals surface area contributed by atoms with Crippen LogP contribution in [0.4, 0.5) is 4.79 Å². The van der Waals surface area contributed by atoms with Crippen molar-refractivity contribution in [1.82, 2.24) is 10.2 Å². The van der Waals surface area contributed by atoms with Gasteiger partial charge in [0, 0.05) is 37.0 Å². The monoisotopic (exact) mass is 311 g/mol. The van der Waals surface area contributed by atoms with E-state index >= 15 is 0 Å². The van der Waals surface area contributed by atoms with E-state index in [2.05, 4.69) is 5.32 Å². The molecule has 114 valence electrons. The third-order valence-electron chi connectivity index (χ3n) is 3.54. The topological polar surface area (TPSA) is 95.7 Å². The van der Waals surface area contributed by atoms with Gasteiger partial charge in [0.25, 0.3) is 0 Å². The minimum atomic E-state index is -0.719. The molecule has 1 heterocycles. The normalized spacial score (nSPS) is 21.3. The van der Waals surface area contributed by atoms with Crippen molar-refractivity contribution in [3.63, 3.8) is 0 Å². The Morgan fingerprint density at radius 3 is 2.76 bits per heavy atom. The molecule has 1 aliphatic rings. The molecule has 2 rings (SSSR count). The molecule has 21 heavy (non-hydrogen) atoms. The highest BCUT2D eigenvalue weighted by molar-refractivity contribution is 6.31. The van der Waals surface area contributed by atoms with Gasteiger partial charge in [-0.25, -0.2) is 4.79 Å². The molecule has 0 saturated carbocycles. The second-order valence-corrected chi connectivity index (χ2v) is 5.56. The van der Waals surface area contributed by atoms with Gasteiger partial charge in [0.1, 0.15) is 0 Å². The number of nitrogens with two attached hydrogens (primary N) is 1. The van der Waals surface area contributed by atoms with Gasteiger partial charge in [-0.15, -0.1) is 0 Å². The lowest BCUT2D eigenvalue weighted by molar-refractivity contribution is -0.119. The molecule has 0 unspecified atom stereocenters. The number of primary amides is 1. The minimum Gasteiger partial charge on any atom is -0.391 e. The molecule has 2 atom stereocenters. The zero-order chi connectivity index (χ0) is 15.4. The fourth-order valence-corrected chi connectivity index (χ4v) is 2.61. The average molecular weight is 312 g/mol. The summed E-state index contributed by atoms with van der Waals surface area (Å²) >= 11 is 6.01. The molecule has 3 amide bonds. The molecule has 6 nitrogen and oxygen atoms in total. The molecule has 1 fully saturated rings. The van der Waals surface area contributed by atoms with Crippen molar-refractivity contribution in [2.45, 2.75) is 19.1 Å². The number of aliphatic hydroxyl groups is 1. The molecular formula is C14H18ClN3O3. The number of likely N-dealkylation sites (tertiary alicyclic amines) is 1. The second kappa shape index (κ2) is 6.78. The van der Waals surface area contributed by atoms with E-state index in [0.717, 1.165) is 5.56 Å².